The molecule has 5 heteroatoms. The van der Waals surface area contributed by atoms with E-state index >= 15 is 0 Å². The van der Waals surface area contributed by atoms with Crippen LogP contribution in [0.1, 0.15) is 31.7 Å². The molecule has 2 bridgehead atoms. The molecule has 1 N–H and O–H groups in total. The molecule has 5 atom stereocenters. The number of benzene rings is 1. The summed E-state index contributed by atoms with van der Waals surface area (Å²) in [5.41, 5.74) is 1.67. The number of hydrogen-bond acceptors (Lipinski definition) is 3. The fourth-order valence-corrected chi connectivity index (χ4v) is 4.82. The number of nitrogens with one attached hydrogen (secondary N) is 1. The quantitative estimate of drug-likeness (QED) is 0.669. The third-order valence-electron chi connectivity index (χ3n) is 6.20. The summed E-state index contributed by atoms with van der Waals surface area (Å²) < 4.78 is 0. The Bertz CT molecular complexity index is 768. The summed E-state index contributed by atoms with van der Waals surface area (Å²) in [7, 11) is 0. The van der Waals surface area contributed by atoms with Crippen LogP contribution in [0.5, 0.6) is 0 Å². The third-order valence-corrected chi connectivity index (χ3v) is 6.20. The average molecular weight is 352 g/mol. The van der Waals surface area contributed by atoms with Gasteiger partial charge in [0.25, 0.3) is 0 Å². The van der Waals surface area contributed by atoms with Gasteiger partial charge in [0.15, 0.2) is 0 Å². The van der Waals surface area contributed by atoms with E-state index in [-0.39, 0.29) is 41.4 Å². The van der Waals surface area contributed by atoms with Gasteiger partial charge in [-0.15, -0.1) is 0 Å². The number of carbonyl (C=O) groups excluding carboxylic acids is 3. The highest BCUT2D eigenvalue weighted by Gasteiger charge is 2.58. The molecule has 0 spiro atoms. The minimum absolute atomic E-state index is 0.142. The number of allylic oxidation sites excluding steroid dienone is 2. The fourth-order valence-electron chi connectivity index (χ4n) is 4.82. The first kappa shape index (κ1) is 17.0. The van der Waals surface area contributed by atoms with Crippen molar-refractivity contribution in [2.75, 3.05) is 5.32 Å². The molecular formula is C21H24N2O3. The topological polar surface area (TPSA) is 66.5 Å². The summed E-state index contributed by atoms with van der Waals surface area (Å²) in [6, 6.07) is 6.76. The maximum atomic E-state index is 13.1. The second kappa shape index (κ2) is 6.38. The Morgan fingerprint density at radius 2 is 1.69 bits per heavy atom. The van der Waals surface area contributed by atoms with Crippen molar-refractivity contribution in [2.24, 2.45) is 23.7 Å². The van der Waals surface area contributed by atoms with Gasteiger partial charge in [0.1, 0.15) is 6.04 Å². The van der Waals surface area contributed by atoms with E-state index in [2.05, 4.69) is 17.5 Å². The SMILES string of the molecule is CC[C@H](C(=O)Nc1ccccc1C)N1C(=O)[C@@H]2[C@H](C1=O)[C@H]1C=C[C@H]2CC1. The maximum Gasteiger partial charge on any atom is 0.247 e. The molecule has 0 radical (unpaired) electrons. The van der Waals surface area contributed by atoms with Crippen LogP contribution in [0.4, 0.5) is 5.69 Å². The van der Waals surface area contributed by atoms with Crippen LogP contribution in [0.3, 0.4) is 0 Å². The van der Waals surface area contributed by atoms with Gasteiger partial charge in [-0.05, 0) is 49.7 Å². The second-order valence-electron chi connectivity index (χ2n) is 7.62. The van der Waals surface area contributed by atoms with Crippen molar-refractivity contribution in [3.63, 3.8) is 0 Å². The lowest BCUT2D eigenvalue weighted by Gasteiger charge is -2.38. The highest BCUT2D eigenvalue weighted by atomic mass is 16.2. The molecule has 2 fully saturated rings. The summed E-state index contributed by atoms with van der Waals surface area (Å²) in [6.07, 6.45) is 6.52. The van der Waals surface area contributed by atoms with E-state index in [1.54, 1.807) is 0 Å². The zero-order chi connectivity index (χ0) is 18.4. The van der Waals surface area contributed by atoms with E-state index in [0.29, 0.717) is 12.1 Å². The lowest BCUT2D eigenvalue weighted by molar-refractivity contribution is -0.146. The number of hydrogen-bond donors (Lipinski definition) is 1. The van der Waals surface area contributed by atoms with Gasteiger partial charge in [-0.1, -0.05) is 37.3 Å². The molecule has 1 aromatic rings. The number of amides is 3. The van der Waals surface area contributed by atoms with Gasteiger partial charge in [0, 0.05) is 5.69 Å². The van der Waals surface area contributed by atoms with Crippen molar-refractivity contribution < 1.29 is 14.4 Å². The summed E-state index contributed by atoms with van der Waals surface area (Å²) in [6.45, 7) is 3.76. The molecule has 3 aliphatic carbocycles. The predicted molar refractivity (Wildman–Crippen MR) is 98.1 cm³/mol. The Balaban J connectivity index is 1.59. The minimum Gasteiger partial charge on any atom is -0.324 e. The Morgan fingerprint density at radius 3 is 2.19 bits per heavy atom. The highest BCUT2D eigenvalue weighted by Crippen LogP contribution is 2.50. The Hall–Kier alpha value is -2.43. The molecule has 26 heavy (non-hydrogen) atoms. The predicted octanol–water partition coefficient (Wildman–Crippen LogP) is 2.91. The molecule has 5 nitrogen and oxygen atoms in total. The Labute approximate surface area is 153 Å². The highest BCUT2D eigenvalue weighted by molar-refractivity contribution is 6.10. The summed E-state index contributed by atoms with van der Waals surface area (Å²) >= 11 is 0. The Morgan fingerprint density at radius 1 is 1.12 bits per heavy atom. The van der Waals surface area contributed by atoms with Gasteiger partial charge in [-0.25, -0.2) is 0 Å². The number of carbonyl (C=O) groups is 3. The number of rotatable bonds is 4. The molecule has 1 heterocycles. The number of imide groups is 1. The van der Waals surface area contributed by atoms with Crippen LogP contribution in [-0.4, -0.2) is 28.7 Å². The van der Waals surface area contributed by atoms with Crippen LogP contribution in [0, 0.1) is 30.6 Å². The van der Waals surface area contributed by atoms with E-state index in [9.17, 15) is 14.4 Å². The number of aryl methyl sites for hydroxylation is 1. The van der Waals surface area contributed by atoms with Gasteiger partial charge < -0.3 is 5.32 Å². The van der Waals surface area contributed by atoms with E-state index in [0.717, 1.165) is 18.4 Å². The van der Waals surface area contributed by atoms with Crippen LogP contribution in [-0.2, 0) is 14.4 Å². The minimum atomic E-state index is -0.750. The maximum absolute atomic E-state index is 13.1. The van der Waals surface area contributed by atoms with Gasteiger partial charge >= 0.3 is 0 Å². The van der Waals surface area contributed by atoms with Crippen LogP contribution >= 0.6 is 0 Å². The first-order valence-electron chi connectivity index (χ1n) is 9.44. The molecule has 1 aromatic carbocycles. The number of nitrogens with zero attached hydrogens (tertiary/aromatic N) is 1. The zero-order valence-electron chi connectivity index (χ0n) is 15.1. The molecule has 1 aliphatic heterocycles. The lowest BCUT2D eigenvalue weighted by Crippen LogP contribution is -2.47. The molecular weight excluding hydrogens is 328 g/mol. The molecule has 1 saturated heterocycles. The van der Waals surface area contributed by atoms with Crippen molar-refractivity contribution in [3.05, 3.63) is 42.0 Å². The third kappa shape index (κ3) is 2.49. The number of likely N-dealkylation sites (tertiary alicyclic amines) is 1. The van der Waals surface area contributed by atoms with E-state index in [1.807, 2.05) is 38.1 Å². The van der Waals surface area contributed by atoms with E-state index in [1.165, 1.54) is 4.90 Å². The normalized spacial score (nSPS) is 30.5. The van der Waals surface area contributed by atoms with E-state index < -0.39 is 6.04 Å². The molecule has 0 unspecified atom stereocenters. The van der Waals surface area contributed by atoms with Gasteiger partial charge in [0.05, 0.1) is 11.8 Å². The lowest BCUT2D eigenvalue weighted by atomic mass is 9.63. The zero-order valence-corrected chi connectivity index (χ0v) is 15.1. The Kier molecular flexibility index (Phi) is 4.17. The fraction of sp³-hybridized carbons (Fsp3) is 0.476. The molecule has 5 rings (SSSR count). The second-order valence-corrected chi connectivity index (χ2v) is 7.62. The molecule has 136 valence electrons. The molecule has 3 amide bonds. The summed E-state index contributed by atoms with van der Waals surface area (Å²) in [5, 5.41) is 2.90. The van der Waals surface area contributed by atoms with Crippen molar-refractivity contribution in [1.82, 2.24) is 4.90 Å². The largest absolute Gasteiger partial charge is 0.324 e. The van der Waals surface area contributed by atoms with Crippen molar-refractivity contribution in [3.8, 4) is 0 Å². The monoisotopic (exact) mass is 352 g/mol. The number of anilines is 1. The van der Waals surface area contributed by atoms with Crippen LogP contribution < -0.4 is 5.32 Å². The van der Waals surface area contributed by atoms with Gasteiger partial charge in [0.2, 0.25) is 17.7 Å². The van der Waals surface area contributed by atoms with Crippen molar-refractivity contribution >= 4 is 23.4 Å². The van der Waals surface area contributed by atoms with Gasteiger partial charge in [-0.2, -0.15) is 0 Å². The average Bonchev–Trinajstić information content (AvgIpc) is 2.93. The van der Waals surface area contributed by atoms with Crippen LogP contribution in [0.25, 0.3) is 0 Å². The standard InChI is InChI=1S/C21H24N2O3/c1-3-16(19(24)22-15-7-5-4-6-12(15)2)23-20(25)17-13-8-9-14(11-10-13)18(17)21(23)26/h4-9,13-14,16-18H,3,10-11H2,1-2H3,(H,22,24)/t13-,14-,16+,17-,18+/m0/s1. The van der Waals surface area contributed by atoms with Gasteiger partial charge in [-0.3, -0.25) is 19.3 Å². The van der Waals surface area contributed by atoms with E-state index in [4.69, 9.17) is 0 Å². The smallest absolute Gasteiger partial charge is 0.247 e. The van der Waals surface area contributed by atoms with Crippen LogP contribution in [0.15, 0.2) is 36.4 Å². The molecule has 0 aromatic heterocycles. The summed E-state index contributed by atoms with van der Waals surface area (Å²) in [4.78, 5) is 40.3. The summed E-state index contributed by atoms with van der Waals surface area (Å²) in [5.74, 6) is -0.871. The first-order chi connectivity index (χ1) is 12.5. The van der Waals surface area contributed by atoms with Crippen LogP contribution in [0.2, 0.25) is 0 Å². The number of fused-ring (bicyclic) bond motifs is 1. The molecule has 1 saturated carbocycles. The van der Waals surface area contributed by atoms with Crippen molar-refractivity contribution in [1.29, 1.82) is 0 Å². The van der Waals surface area contributed by atoms with Crippen molar-refractivity contribution in [2.45, 2.75) is 39.2 Å². The first-order valence-corrected chi connectivity index (χ1v) is 9.44. The number of para-hydroxylation sites is 1. The molecule has 4 aliphatic rings.